The maximum absolute atomic E-state index is 12.8. The monoisotopic (exact) mass is 276 g/mol. The fraction of sp³-hybridized carbons (Fsp3) is 0.438. The summed E-state index contributed by atoms with van der Waals surface area (Å²) in [5.41, 5.74) is 0.996. The minimum Gasteiger partial charge on any atom is -0.345 e. The van der Waals surface area contributed by atoms with Gasteiger partial charge in [-0.15, -0.1) is 0 Å². The molecule has 1 aliphatic heterocycles. The predicted octanol–water partition coefficient (Wildman–Crippen LogP) is 2.25. The molecular formula is C16H21FN2O. The van der Waals surface area contributed by atoms with Gasteiger partial charge in [0, 0.05) is 33.1 Å². The highest BCUT2D eigenvalue weighted by Crippen LogP contribution is 2.16. The summed E-state index contributed by atoms with van der Waals surface area (Å²) >= 11 is 0. The second-order valence-electron chi connectivity index (χ2n) is 5.52. The molecule has 0 aromatic heterocycles. The lowest BCUT2D eigenvalue weighted by atomic mass is 10.1. The van der Waals surface area contributed by atoms with Crippen LogP contribution in [0.1, 0.15) is 12.0 Å². The minimum absolute atomic E-state index is 0.214. The van der Waals surface area contributed by atoms with Gasteiger partial charge >= 0.3 is 0 Å². The lowest BCUT2D eigenvalue weighted by Gasteiger charge is -2.18. The minimum atomic E-state index is -0.214. The van der Waals surface area contributed by atoms with E-state index in [1.54, 1.807) is 17.0 Å². The topological polar surface area (TPSA) is 23.6 Å². The molecule has 0 aliphatic carbocycles. The van der Waals surface area contributed by atoms with Crippen LogP contribution in [0.5, 0.6) is 0 Å². The van der Waals surface area contributed by atoms with Crippen molar-refractivity contribution in [3.63, 3.8) is 0 Å². The van der Waals surface area contributed by atoms with Crippen molar-refractivity contribution in [2.75, 3.05) is 33.7 Å². The van der Waals surface area contributed by atoms with Crippen LogP contribution in [0.2, 0.25) is 0 Å². The van der Waals surface area contributed by atoms with Crippen LogP contribution in [-0.4, -0.2) is 49.4 Å². The Morgan fingerprint density at radius 3 is 2.70 bits per heavy atom. The average Bonchev–Trinajstić information content (AvgIpc) is 2.70. The van der Waals surface area contributed by atoms with Gasteiger partial charge in [0.05, 0.1) is 0 Å². The molecule has 2 rings (SSSR count). The van der Waals surface area contributed by atoms with Crippen LogP contribution in [0.15, 0.2) is 30.3 Å². The van der Waals surface area contributed by atoms with Crippen LogP contribution in [0.25, 0.3) is 6.08 Å². The second kappa shape index (κ2) is 6.66. The zero-order chi connectivity index (χ0) is 14.5. The third-order valence-electron chi connectivity index (χ3n) is 3.59. The normalized spacial score (nSPS) is 19.5. The van der Waals surface area contributed by atoms with Crippen LogP contribution in [0, 0.1) is 11.7 Å². The second-order valence-corrected chi connectivity index (χ2v) is 5.52. The maximum Gasteiger partial charge on any atom is 0.222 e. The molecule has 1 aromatic carbocycles. The Labute approximate surface area is 119 Å². The van der Waals surface area contributed by atoms with Gasteiger partial charge in [-0.3, -0.25) is 4.79 Å². The van der Waals surface area contributed by atoms with Crippen LogP contribution in [0.3, 0.4) is 0 Å². The molecule has 0 N–H and O–H groups in total. The lowest BCUT2D eigenvalue weighted by molar-refractivity contribution is -0.126. The number of likely N-dealkylation sites (tertiary alicyclic amines) is 1. The number of carbonyl (C=O) groups excluding carboxylic acids is 1. The quantitative estimate of drug-likeness (QED) is 0.823. The van der Waals surface area contributed by atoms with Gasteiger partial charge in [0.2, 0.25) is 5.91 Å². The summed E-state index contributed by atoms with van der Waals surface area (Å²) in [6, 6.07) is 6.44. The van der Waals surface area contributed by atoms with Crippen molar-refractivity contribution in [3.8, 4) is 0 Å². The number of amides is 1. The third kappa shape index (κ3) is 4.17. The average molecular weight is 276 g/mol. The number of carbonyl (C=O) groups is 1. The molecule has 1 amide bonds. The fourth-order valence-corrected chi connectivity index (χ4v) is 2.54. The van der Waals surface area contributed by atoms with Crippen molar-refractivity contribution in [2.45, 2.75) is 6.42 Å². The van der Waals surface area contributed by atoms with Gasteiger partial charge in [-0.1, -0.05) is 24.3 Å². The molecule has 1 fully saturated rings. The Balaban J connectivity index is 1.76. The van der Waals surface area contributed by atoms with Gasteiger partial charge in [-0.2, -0.15) is 0 Å². The summed E-state index contributed by atoms with van der Waals surface area (Å²) in [7, 11) is 3.91. The van der Waals surface area contributed by atoms with E-state index in [1.807, 2.05) is 13.1 Å². The van der Waals surface area contributed by atoms with E-state index < -0.39 is 0 Å². The summed E-state index contributed by atoms with van der Waals surface area (Å²) in [4.78, 5) is 15.5. The SMILES string of the molecule is CN(C/C=C/c1ccc(F)cc1)C[C@H]1CC(=O)N(C)C1. The van der Waals surface area contributed by atoms with E-state index in [1.165, 1.54) is 12.1 Å². The molecule has 0 unspecified atom stereocenters. The summed E-state index contributed by atoms with van der Waals surface area (Å²) in [6.45, 7) is 2.60. The maximum atomic E-state index is 12.8. The van der Waals surface area contributed by atoms with E-state index in [2.05, 4.69) is 18.0 Å². The number of nitrogens with zero attached hydrogens (tertiary/aromatic N) is 2. The Bertz CT molecular complexity index is 484. The van der Waals surface area contributed by atoms with Crippen molar-refractivity contribution >= 4 is 12.0 Å². The fourth-order valence-electron chi connectivity index (χ4n) is 2.54. The number of benzene rings is 1. The molecule has 1 aromatic rings. The summed E-state index contributed by atoms with van der Waals surface area (Å²) in [5, 5.41) is 0. The molecule has 1 aliphatic rings. The molecule has 1 saturated heterocycles. The summed E-state index contributed by atoms with van der Waals surface area (Å²) in [6.07, 6.45) is 4.71. The largest absolute Gasteiger partial charge is 0.345 e. The van der Waals surface area contributed by atoms with Crippen molar-refractivity contribution in [2.24, 2.45) is 5.92 Å². The molecule has 0 bridgehead atoms. The van der Waals surface area contributed by atoms with Crippen LogP contribution in [-0.2, 0) is 4.79 Å². The van der Waals surface area contributed by atoms with Gasteiger partial charge in [-0.05, 0) is 30.7 Å². The van der Waals surface area contributed by atoms with Crippen LogP contribution >= 0.6 is 0 Å². The van der Waals surface area contributed by atoms with Crippen molar-refractivity contribution in [3.05, 3.63) is 41.7 Å². The smallest absolute Gasteiger partial charge is 0.222 e. The van der Waals surface area contributed by atoms with Crippen LogP contribution in [0.4, 0.5) is 4.39 Å². The Morgan fingerprint density at radius 1 is 1.40 bits per heavy atom. The summed E-state index contributed by atoms with van der Waals surface area (Å²) < 4.78 is 12.8. The van der Waals surface area contributed by atoms with Crippen LogP contribution < -0.4 is 0 Å². The molecule has 20 heavy (non-hydrogen) atoms. The van der Waals surface area contributed by atoms with Crippen molar-refractivity contribution in [1.82, 2.24) is 9.80 Å². The van der Waals surface area contributed by atoms with E-state index in [9.17, 15) is 9.18 Å². The first-order valence-electron chi connectivity index (χ1n) is 6.89. The van der Waals surface area contributed by atoms with Crippen molar-refractivity contribution in [1.29, 1.82) is 0 Å². The van der Waals surface area contributed by atoms with Gasteiger partial charge in [-0.25, -0.2) is 4.39 Å². The molecule has 1 atom stereocenters. The Hall–Kier alpha value is -1.68. The highest BCUT2D eigenvalue weighted by atomic mass is 19.1. The molecule has 1 heterocycles. The zero-order valence-electron chi connectivity index (χ0n) is 12.1. The molecule has 0 saturated carbocycles. The highest BCUT2D eigenvalue weighted by molar-refractivity contribution is 5.78. The molecule has 4 heteroatoms. The van der Waals surface area contributed by atoms with Gasteiger partial charge in [0.25, 0.3) is 0 Å². The molecule has 3 nitrogen and oxygen atoms in total. The summed E-state index contributed by atoms with van der Waals surface area (Å²) in [5.74, 6) is 0.455. The molecule has 0 spiro atoms. The first kappa shape index (κ1) is 14.7. The standard InChI is InChI=1S/C16H21FN2O/c1-18(11-14-10-16(20)19(2)12-14)9-3-4-13-5-7-15(17)8-6-13/h3-8,14H,9-12H2,1-2H3/b4-3+/t14-/m1/s1. The first-order valence-corrected chi connectivity index (χ1v) is 6.89. The van der Waals surface area contributed by atoms with E-state index in [4.69, 9.17) is 0 Å². The number of rotatable bonds is 5. The number of hydrogen-bond acceptors (Lipinski definition) is 2. The Kier molecular flexibility index (Phi) is 4.90. The van der Waals surface area contributed by atoms with E-state index in [0.29, 0.717) is 12.3 Å². The van der Waals surface area contributed by atoms with E-state index in [0.717, 1.165) is 25.2 Å². The van der Waals surface area contributed by atoms with E-state index >= 15 is 0 Å². The number of hydrogen-bond donors (Lipinski definition) is 0. The van der Waals surface area contributed by atoms with E-state index in [-0.39, 0.29) is 11.7 Å². The van der Waals surface area contributed by atoms with Gasteiger partial charge in [0.1, 0.15) is 5.82 Å². The Morgan fingerprint density at radius 2 is 2.10 bits per heavy atom. The number of likely N-dealkylation sites (N-methyl/N-ethyl adjacent to an activating group) is 1. The van der Waals surface area contributed by atoms with Crippen molar-refractivity contribution < 1.29 is 9.18 Å². The van der Waals surface area contributed by atoms with Gasteiger partial charge in [0.15, 0.2) is 0 Å². The third-order valence-corrected chi connectivity index (χ3v) is 3.59. The lowest BCUT2D eigenvalue weighted by Crippen LogP contribution is -2.27. The number of halogens is 1. The zero-order valence-corrected chi connectivity index (χ0v) is 12.1. The van der Waals surface area contributed by atoms with Gasteiger partial charge < -0.3 is 9.80 Å². The molecule has 0 radical (unpaired) electrons. The first-order chi connectivity index (χ1) is 9.54. The predicted molar refractivity (Wildman–Crippen MR) is 78.7 cm³/mol. The molecular weight excluding hydrogens is 255 g/mol. The highest BCUT2D eigenvalue weighted by Gasteiger charge is 2.27. The molecule has 108 valence electrons.